The number of rotatable bonds is 4. The summed E-state index contributed by atoms with van der Waals surface area (Å²) in [6, 6.07) is 13.6. The number of hydrogen-bond donors (Lipinski definition) is 1. The SMILES string of the molecule is CCc1ccc(-c2cc(NC(=O)c3ccc(C)s3)on2)cc1. The predicted octanol–water partition coefficient (Wildman–Crippen LogP) is 4.53. The standard InChI is InChI=1S/C17H16N2O2S/c1-3-12-5-7-13(8-6-12)14-10-16(21-19-14)18-17(20)15-9-4-11(2)22-15/h4-10H,3H2,1-2H3,(H,18,20). The Morgan fingerprint density at radius 1 is 1.23 bits per heavy atom. The first-order valence-electron chi connectivity index (χ1n) is 7.09. The van der Waals surface area contributed by atoms with Crippen molar-refractivity contribution in [2.75, 3.05) is 5.32 Å². The summed E-state index contributed by atoms with van der Waals surface area (Å²) in [6.45, 7) is 4.08. The monoisotopic (exact) mass is 312 g/mol. The smallest absolute Gasteiger partial charge is 0.268 e. The highest BCUT2D eigenvalue weighted by molar-refractivity contribution is 7.14. The van der Waals surface area contributed by atoms with Crippen molar-refractivity contribution in [3.05, 3.63) is 57.8 Å². The molecule has 0 bridgehead atoms. The highest BCUT2D eigenvalue weighted by Crippen LogP contribution is 2.23. The number of nitrogens with one attached hydrogen (secondary N) is 1. The van der Waals surface area contributed by atoms with Crippen molar-refractivity contribution in [3.63, 3.8) is 0 Å². The fourth-order valence-electron chi connectivity index (χ4n) is 2.11. The zero-order chi connectivity index (χ0) is 15.5. The van der Waals surface area contributed by atoms with Crippen LogP contribution in [0.15, 0.2) is 47.0 Å². The van der Waals surface area contributed by atoms with Crippen LogP contribution in [0, 0.1) is 6.92 Å². The van der Waals surface area contributed by atoms with E-state index < -0.39 is 0 Å². The van der Waals surface area contributed by atoms with Gasteiger partial charge in [0.2, 0.25) is 5.88 Å². The van der Waals surface area contributed by atoms with Crippen LogP contribution in [-0.2, 0) is 6.42 Å². The van der Waals surface area contributed by atoms with Gasteiger partial charge in [0.15, 0.2) is 0 Å². The van der Waals surface area contributed by atoms with E-state index in [1.54, 1.807) is 12.1 Å². The van der Waals surface area contributed by atoms with Crippen LogP contribution in [-0.4, -0.2) is 11.1 Å². The summed E-state index contributed by atoms with van der Waals surface area (Å²) >= 11 is 1.45. The average Bonchev–Trinajstić information content (AvgIpc) is 3.16. The van der Waals surface area contributed by atoms with Crippen LogP contribution in [0.2, 0.25) is 0 Å². The molecule has 22 heavy (non-hydrogen) atoms. The largest absolute Gasteiger partial charge is 0.338 e. The lowest BCUT2D eigenvalue weighted by molar-refractivity contribution is 0.102. The first-order chi connectivity index (χ1) is 10.7. The zero-order valence-electron chi connectivity index (χ0n) is 12.4. The lowest BCUT2D eigenvalue weighted by Gasteiger charge is -1.98. The minimum absolute atomic E-state index is 0.179. The van der Waals surface area contributed by atoms with Gasteiger partial charge in [0.05, 0.1) is 4.88 Å². The van der Waals surface area contributed by atoms with E-state index in [-0.39, 0.29) is 5.91 Å². The molecule has 1 aromatic carbocycles. The van der Waals surface area contributed by atoms with Gasteiger partial charge in [-0.2, -0.15) is 0 Å². The lowest BCUT2D eigenvalue weighted by atomic mass is 10.1. The normalized spacial score (nSPS) is 10.6. The third-order valence-electron chi connectivity index (χ3n) is 3.37. The van der Waals surface area contributed by atoms with E-state index in [1.807, 2.05) is 25.1 Å². The van der Waals surface area contributed by atoms with Crippen LogP contribution in [0.25, 0.3) is 11.3 Å². The number of nitrogens with zero attached hydrogens (tertiary/aromatic N) is 1. The molecule has 0 aliphatic carbocycles. The number of benzene rings is 1. The van der Waals surface area contributed by atoms with Gasteiger partial charge in [-0.1, -0.05) is 36.3 Å². The van der Waals surface area contributed by atoms with Crippen molar-refractivity contribution in [2.24, 2.45) is 0 Å². The van der Waals surface area contributed by atoms with Crippen molar-refractivity contribution in [3.8, 4) is 11.3 Å². The Morgan fingerprint density at radius 3 is 2.64 bits per heavy atom. The molecule has 0 spiro atoms. The van der Waals surface area contributed by atoms with Gasteiger partial charge in [0.1, 0.15) is 5.69 Å². The molecule has 0 saturated carbocycles. The highest BCUT2D eigenvalue weighted by atomic mass is 32.1. The van der Waals surface area contributed by atoms with Crippen molar-refractivity contribution in [1.82, 2.24) is 5.16 Å². The number of anilines is 1. The van der Waals surface area contributed by atoms with E-state index in [0.717, 1.165) is 16.9 Å². The summed E-state index contributed by atoms with van der Waals surface area (Å²) in [6.07, 6.45) is 1.00. The molecule has 2 aromatic heterocycles. The number of carbonyl (C=O) groups is 1. The van der Waals surface area contributed by atoms with Gasteiger partial charge < -0.3 is 4.52 Å². The van der Waals surface area contributed by atoms with Crippen molar-refractivity contribution < 1.29 is 9.32 Å². The number of aryl methyl sites for hydroxylation is 2. The Morgan fingerprint density at radius 2 is 2.00 bits per heavy atom. The van der Waals surface area contributed by atoms with Crippen LogP contribution in [0.3, 0.4) is 0 Å². The maximum absolute atomic E-state index is 12.1. The van der Waals surface area contributed by atoms with Gasteiger partial charge in [-0.05, 0) is 31.0 Å². The van der Waals surface area contributed by atoms with Crippen LogP contribution < -0.4 is 5.32 Å². The number of carbonyl (C=O) groups excluding carboxylic acids is 1. The maximum atomic E-state index is 12.1. The molecule has 3 rings (SSSR count). The Labute approximate surface area is 132 Å². The summed E-state index contributed by atoms with van der Waals surface area (Å²) in [7, 11) is 0. The summed E-state index contributed by atoms with van der Waals surface area (Å²) in [5.74, 6) is 0.174. The molecule has 1 amide bonds. The summed E-state index contributed by atoms with van der Waals surface area (Å²) in [5.41, 5.74) is 2.95. The van der Waals surface area contributed by atoms with E-state index in [9.17, 15) is 4.79 Å². The molecule has 3 aromatic rings. The Kier molecular flexibility index (Phi) is 4.06. The molecule has 1 N–H and O–H groups in total. The molecule has 0 aliphatic rings. The van der Waals surface area contributed by atoms with Crippen LogP contribution in [0.5, 0.6) is 0 Å². The number of thiophene rings is 1. The topological polar surface area (TPSA) is 55.1 Å². The third kappa shape index (κ3) is 3.09. The Hall–Kier alpha value is -2.40. The van der Waals surface area contributed by atoms with E-state index >= 15 is 0 Å². The van der Waals surface area contributed by atoms with E-state index in [1.165, 1.54) is 16.9 Å². The van der Waals surface area contributed by atoms with Crippen molar-refractivity contribution in [1.29, 1.82) is 0 Å². The van der Waals surface area contributed by atoms with Gasteiger partial charge in [-0.15, -0.1) is 11.3 Å². The fraction of sp³-hybridized carbons (Fsp3) is 0.176. The zero-order valence-corrected chi connectivity index (χ0v) is 13.2. The molecule has 112 valence electrons. The van der Waals surface area contributed by atoms with Gasteiger partial charge in [0.25, 0.3) is 5.91 Å². The molecule has 2 heterocycles. The Bertz CT molecular complexity index is 787. The fourth-order valence-corrected chi connectivity index (χ4v) is 2.87. The molecule has 0 unspecified atom stereocenters. The van der Waals surface area contributed by atoms with Crippen LogP contribution in [0.1, 0.15) is 27.0 Å². The van der Waals surface area contributed by atoms with Crippen molar-refractivity contribution >= 4 is 23.1 Å². The second-order valence-electron chi connectivity index (χ2n) is 4.99. The van der Waals surface area contributed by atoms with Gasteiger partial charge in [-0.3, -0.25) is 10.1 Å². The molecule has 0 aliphatic heterocycles. The highest BCUT2D eigenvalue weighted by Gasteiger charge is 2.12. The van der Waals surface area contributed by atoms with Gasteiger partial charge in [-0.25, -0.2) is 0 Å². The molecule has 0 saturated heterocycles. The average molecular weight is 312 g/mol. The first kappa shape index (κ1) is 14.5. The summed E-state index contributed by atoms with van der Waals surface area (Å²) in [4.78, 5) is 13.8. The molecule has 5 heteroatoms. The summed E-state index contributed by atoms with van der Waals surface area (Å²) in [5, 5.41) is 6.73. The first-order valence-corrected chi connectivity index (χ1v) is 7.91. The molecular formula is C17H16N2O2S. The van der Waals surface area contributed by atoms with E-state index in [4.69, 9.17) is 4.52 Å². The quantitative estimate of drug-likeness (QED) is 0.770. The molecule has 0 radical (unpaired) electrons. The van der Waals surface area contributed by atoms with Crippen LogP contribution >= 0.6 is 11.3 Å². The molecular weight excluding hydrogens is 296 g/mol. The minimum Gasteiger partial charge on any atom is -0.338 e. The van der Waals surface area contributed by atoms with Crippen LogP contribution in [0.4, 0.5) is 5.88 Å². The number of amides is 1. The molecule has 0 atom stereocenters. The van der Waals surface area contributed by atoms with E-state index in [0.29, 0.717) is 16.5 Å². The number of aromatic nitrogens is 1. The lowest BCUT2D eigenvalue weighted by Crippen LogP contribution is -2.09. The minimum atomic E-state index is -0.179. The third-order valence-corrected chi connectivity index (χ3v) is 4.37. The summed E-state index contributed by atoms with van der Waals surface area (Å²) < 4.78 is 5.20. The Balaban J connectivity index is 1.74. The van der Waals surface area contributed by atoms with E-state index in [2.05, 4.69) is 29.5 Å². The molecule has 0 fully saturated rings. The number of hydrogen-bond acceptors (Lipinski definition) is 4. The predicted molar refractivity (Wildman–Crippen MR) is 88.3 cm³/mol. The van der Waals surface area contributed by atoms with Crippen molar-refractivity contribution in [2.45, 2.75) is 20.3 Å². The second kappa shape index (κ2) is 6.15. The van der Waals surface area contributed by atoms with Gasteiger partial charge in [0, 0.05) is 16.5 Å². The molecule has 4 nitrogen and oxygen atoms in total. The maximum Gasteiger partial charge on any atom is 0.268 e. The second-order valence-corrected chi connectivity index (χ2v) is 6.28. The van der Waals surface area contributed by atoms with Gasteiger partial charge >= 0.3 is 0 Å².